The van der Waals surface area contributed by atoms with Gasteiger partial charge in [0.05, 0.1) is 25.0 Å². The number of hydrogen-bond acceptors (Lipinski definition) is 7. The van der Waals surface area contributed by atoms with E-state index in [4.69, 9.17) is 14.2 Å². The van der Waals surface area contributed by atoms with E-state index in [1.54, 1.807) is 72.8 Å². The Morgan fingerprint density at radius 1 is 0.784 bits per heavy atom. The van der Waals surface area contributed by atoms with E-state index in [0.29, 0.717) is 47.3 Å². The fourth-order valence-corrected chi connectivity index (χ4v) is 3.01. The van der Waals surface area contributed by atoms with Gasteiger partial charge in [0, 0.05) is 5.69 Å². The van der Waals surface area contributed by atoms with Gasteiger partial charge in [-0.05, 0) is 91.7 Å². The minimum absolute atomic E-state index is 0.351. The second kappa shape index (κ2) is 14.0. The summed E-state index contributed by atoms with van der Waals surface area (Å²) in [4.78, 5) is 36.4. The number of nitrogens with zero attached hydrogens (tertiary/aromatic N) is 1. The Kier molecular flexibility index (Phi) is 10.2. The summed E-state index contributed by atoms with van der Waals surface area (Å²) in [7, 11) is 0. The van der Waals surface area contributed by atoms with E-state index in [-0.39, 0.29) is 0 Å². The normalized spacial score (nSPS) is 10.5. The monoisotopic (exact) mass is 503 g/mol. The van der Waals surface area contributed by atoms with Crippen molar-refractivity contribution in [2.24, 2.45) is 5.10 Å². The van der Waals surface area contributed by atoms with Gasteiger partial charge in [-0.2, -0.15) is 5.10 Å². The summed E-state index contributed by atoms with van der Waals surface area (Å²) in [6, 6.07) is 19.9. The van der Waals surface area contributed by atoms with Crippen molar-refractivity contribution in [1.29, 1.82) is 0 Å². The van der Waals surface area contributed by atoms with Crippen LogP contribution in [0, 0.1) is 0 Å². The van der Waals surface area contributed by atoms with Gasteiger partial charge in [0.1, 0.15) is 17.2 Å². The van der Waals surface area contributed by atoms with Crippen molar-refractivity contribution in [2.45, 2.75) is 26.7 Å². The van der Waals surface area contributed by atoms with Crippen molar-refractivity contribution in [3.05, 3.63) is 83.9 Å². The first-order chi connectivity index (χ1) is 18.0. The third-order valence-corrected chi connectivity index (χ3v) is 4.96. The third-order valence-electron chi connectivity index (χ3n) is 4.96. The number of carbonyl (C=O) groups excluding carboxylic acids is 3. The Hall–Kier alpha value is -4.66. The van der Waals surface area contributed by atoms with Gasteiger partial charge in [-0.15, -0.1) is 0 Å². The molecule has 3 rings (SSSR count). The van der Waals surface area contributed by atoms with Crippen LogP contribution in [0.15, 0.2) is 77.9 Å². The average molecular weight is 504 g/mol. The van der Waals surface area contributed by atoms with E-state index >= 15 is 0 Å². The fraction of sp³-hybridized carbons (Fsp3) is 0.214. The molecule has 0 spiro atoms. The number of hydrazone groups is 1. The van der Waals surface area contributed by atoms with Gasteiger partial charge in [-0.25, -0.2) is 10.2 Å². The van der Waals surface area contributed by atoms with Gasteiger partial charge in [0.2, 0.25) is 0 Å². The number of esters is 1. The predicted octanol–water partition coefficient (Wildman–Crippen LogP) is 4.57. The molecule has 0 aliphatic heterocycles. The van der Waals surface area contributed by atoms with Crippen LogP contribution in [0.2, 0.25) is 0 Å². The Bertz CT molecular complexity index is 1210. The predicted molar refractivity (Wildman–Crippen MR) is 140 cm³/mol. The maximum atomic E-state index is 12.4. The van der Waals surface area contributed by atoms with Crippen LogP contribution in [-0.4, -0.2) is 37.2 Å². The zero-order chi connectivity index (χ0) is 26.5. The summed E-state index contributed by atoms with van der Waals surface area (Å²) in [5.74, 6) is -0.551. The molecule has 2 amide bonds. The summed E-state index contributed by atoms with van der Waals surface area (Å²) in [5, 5.41) is 6.27. The Morgan fingerprint density at radius 2 is 1.41 bits per heavy atom. The summed E-state index contributed by atoms with van der Waals surface area (Å²) >= 11 is 0. The van der Waals surface area contributed by atoms with Gasteiger partial charge >= 0.3 is 17.8 Å². The second-order valence-corrected chi connectivity index (χ2v) is 7.80. The molecule has 0 unspecified atom stereocenters. The molecule has 0 atom stereocenters. The van der Waals surface area contributed by atoms with Crippen LogP contribution in [0.25, 0.3) is 0 Å². The molecule has 0 bridgehead atoms. The highest BCUT2D eigenvalue weighted by atomic mass is 16.5. The fourth-order valence-electron chi connectivity index (χ4n) is 3.01. The first kappa shape index (κ1) is 26.9. The van der Waals surface area contributed by atoms with Gasteiger partial charge in [0.15, 0.2) is 0 Å². The van der Waals surface area contributed by atoms with E-state index in [1.807, 2.05) is 6.92 Å². The van der Waals surface area contributed by atoms with Gasteiger partial charge < -0.3 is 19.5 Å². The zero-order valence-corrected chi connectivity index (χ0v) is 20.7. The number of hydrogen-bond donors (Lipinski definition) is 2. The number of unbranched alkanes of at least 4 members (excludes halogenated alkanes) is 1. The average Bonchev–Trinajstić information content (AvgIpc) is 2.91. The highest BCUT2D eigenvalue weighted by molar-refractivity contribution is 6.39. The Labute approximate surface area is 215 Å². The van der Waals surface area contributed by atoms with Crippen LogP contribution in [0.4, 0.5) is 5.69 Å². The number of rotatable bonds is 11. The molecular formula is C28H29N3O6. The minimum Gasteiger partial charge on any atom is -0.494 e. The van der Waals surface area contributed by atoms with Crippen molar-refractivity contribution in [3.8, 4) is 17.2 Å². The number of anilines is 1. The molecule has 3 aromatic rings. The molecule has 3 aromatic carbocycles. The number of nitrogens with one attached hydrogen (secondary N) is 2. The summed E-state index contributed by atoms with van der Waals surface area (Å²) in [6.45, 7) is 5.13. The Morgan fingerprint density at radius 3 is 2.05 bits per heavy atom. The molecule has 0 aliphatic rings. The largest absolute Gasteiger partial charge is 0.494 e. The van der Waals surface area contributed by atoms with Crippen LogP contribution in [0.1, 0.15) is 42.6 Å². The SMILES string of the molecule is CCCCOc1ccc(C(=O)Oc2ccc(/C=N/NC(=O)C(=O)Nc3ccc(OCC)cc3)cc2)cc1. The molecule has 0 heterocycles. The van der Waals surface area contributed by atoms with Crippen LogP contribution >= 0.6 is 0 Å². The molecule has 9 nitrogen and oxygen atoms in total. The Balaban J connectivity index is 1.45. The van der Waals surface area contributed by atoms with E-state index in [2.05, 4.69) is 22.8 Å². The molecule has 37 heavy (non-hydrogen) atoms. The maximum absolute atomic E-state index is 12.4. The highest BCUT2D eigenvalue weighted by Crippen LogP contribution is 2.17. The lowest BCUT2D eigenvalue weighted by molar-refractivity contribution is -0.136. The lowest BCUT2D eigenvalue weighted by Gasteiger charge is -2.07. The molecule has 0 radical (unpaired) electrons. The molecular weight excluding hydrogens is 474 g/mol. The standard InChI is InChI=1S/C28H29N3O6/c1-3-5-18-36-24-14-8-21(9-15-24)28(34)37-25-12-6-20(7-13-25)19-29-31-27(33)26(32)30-22-10-16-23(17-11-22)35-4-2/h6-17,19H,3-5,18H2,1-2H3,(H,30,32)(H,31,33)/b29-19+. The molecule has 0 saturated carbocycles. The summed E-state index contributed by atoms with van der Waals surface area (Å²) in [5.41, 5.74) is 3.65. The van der Waals surface area contributed by atoms with Crippen molar-refractivity contribution < 1.29 is 28.6 Å². The number of carbonyl (C=O) groups is 3. The lowest BCUT2D eigenvalue weighted by Crippen LogP contribution is -2.32. The first-order valence-electron chi connectivity index (χ1n) is 11.9. The third kappa shape index (κ3) is 8.81. The maximum Gasteiger partial charge on any atom is 0.343 e. The second-order valence-electron chi connectivity index (χ2n) is 7.80. The zero-order valence-electron chi connectivity index (χ0n) is 20.7. The van der Waals surface area contributed by atoms with Crippen LogP contribution in [0.5, 0.6) is 17.2 Å². The van der Waals surface area contributed by atoms with Crippen molar-refractivity contribution in [1.82, 2.24) is 5.43 Å². The molecule has 0 aromatic heterocycles. The minimum atomic E-state index is -0.919. The molecule has 0 fully saturated rings. The molecule has 2 N–H and O–H groups in total. The van der Waals surface area contributed by atoms with Crippen LogP contribution in [-0.2, 0) is 9.59 Å². The molecule has 0 saturated heterocycles. The van der Waals surface area contributed by atoms with Crippen molar-refractivity contribution >= 4 is 29.7 Å². The molecule has 192 valence electrons. The van der Waals surface area contributed by atoms with Crippen molar-refractivity contribution in [2.75, 3.05) is 18.5 Å². The highest BCUT2D eigenvalue weighted by Gasteiger charge is 2.13. The van der Waals surface area contributed by atoms with Gasteiger partial charge in [-0.3, -0.25) is 9.59 Å². The summed E-state index contributed by atoms with van der Waals surface area (Å²) in [6.07, 6.45) is 3.38. The quantitative estimate of drug-likeness (QED) is 0.0989. The van der Waals surface area contributed by atoms with E-state index in [0.717, 1.165) is 12.8 Å². The summed E-state index contributed by atoms with van der Waals surface area (Å²) < 4.78 is 16.3. The number of amides is 2. The first-order valence-corrected chi connectivity index (χ1v) is 11.9. The smallest absolute Gasteiger partial charge is 0.343 e. The number of benzene rings is 3. The number of ether oxygens (including phenoxy) is 3. The topological polar surface area (TPSA) is 115 Å². The van der Waals surface area contributed by atoms with E-state index in [9.17, 15) is 14.4 Å². The molecule has 0 aliphatic carbocycles. The van der Waals surface area contributed by atoms with E-state index in [1.165, 1.54) is 6.21 Å². The van der Waals surface area contributed by atoms with Crippen LogP contribution in [0.3, 0.4) is 0 Å². The lowest BCUT2D eigenvalue weighted by atomic mass is 10.2. The van der Waals surface area contributed by atoms with E-state index < -0.39 is 17.8 Å². The van der Waals surface area contributed by atoms with Gasteiger partial charge in [0.25, 0.3) is 0 Å². The van der Waals surface area contributed by atoms with Gasteiger partial charge in [-0.1, -0.05) is 13.3 Å². The van der Waals surface area contributed by atoms with Crippen molar-refractivity contribution in [3.63, 3.8) is 0 Å². The molecule has 9 heteroatoms. The van der Waals surface area contributed by atoms with Crippen LogP contribution < -0.4 is 25.0 Å².